The molecule has 2 aromatic heterocycles. The number of morpholine rings is 1. The van der Waals surface area contributed by atoms with Gasteiger partial charge in [-0.3, -0.25) is 4.90 Å². The summed E-state index contributed by atoms with van der Waals surface area (Å²) in [6.45, 7) is 5.04. The number of amides is 2. The Bertz CT molecular complexity index is 1220. The number of rotatable bonds is 5. The van der Waals surface area contributed by atoms with Crippen LogP contribution in [0, 0.1) is 11.3 Å². The quantitative estimate of drug-likeness (QED) is 0.539. The first-order chi connectivity index (χ1) is 17.2. The molecular formula is C24H29N9O2. The summed E-state index contributed by atoms with van der Waals surface area (Å²) in [6.07, 6.45) is 3.72. The third-order valence-electron chi connectivity index (χ3n) is 6.57. The molecule has 5 rings (SSSR count). The molecule has 0 unspecified atom stereocenters. The average molecular weight is 476 g/mol. The Morgan fingerprint density at radius 2 is 1.89 bits per heavy atom. The molecule has 0 radical (unpaired) electrons. The molecule has 0 aliphatic carbocycles. The molecule has 11 nitrogen and oxygen atoms in total. The van der Waals surface area contributed by atoms with Crippen molar-refractivity contribution in [2.24, 2.45) is 0 Å². The summed E-state index contributed by atoms with van der Waals surface area (Å²) >= 11 is 0. The number of piperidine rings is 1. The lowest BCUT2D eigenvalue weighted by atomic mass is 10.1. The van der Waals surface area contributed by atoms with Gasteiger partial charge in [-0.25, -0.2) is 19.4 Å². The van der Waals surface area contributed by atoms with E-state index in [1.54, 1.807) is 7.05 Å². The van der Waals surface area contributed by atoms with E-state index in [1.807, 2.05) is 35.1 Å². The molecule has 182 valence electrons. The summed E-state index contributed by atoms with van der Waals surface area (Å²) < 4.78 is 7.60. The minimum absolute atomic E-state index is 0.224. The topological polar surface area (TPSA) is 124 Å². The van der Waals surface area contributed by atoms with Crippen LogP contribution >= 0.6 is 0 Å². The normalized spacial score (nSPS) is 17.3. The number of anilines is 2. The van der Waals surface area contributed by atoms with Crippen molar-refractivity contribution >= 4 is 28.6 Å². The lowest BCUT2D eigenvalue weighted by molar-refractivity contribution is 0.122. The van der Waals surface area contributed by atoms with Gasteiger partial charge in [0, 0.05) is 44.5 Å². The van der Waals surface area contributed by atoms with Gasteiger partial charge in [0.25, 0.3) is 0 Å². The fourth-order valence-corrected chi connectivity index (χ4v) is 4.64. The van der Waals surface area contributed by atoms with Crippen molar-refractivity contribution < 1.29 is 9.53 Å². The van der Waals surface area contributed by atoms with E-state index < -0.39 is 0 Å². The number of carbonyl (C=O) groups is 1. The highest BCUT2D eigenvalue weighted by molar-refractivity contribution is 5.90. The number of benzene rings is 1. The third kappa shape index (κ3) is 4.89. The van der Waals surface area contributed by atoms with E-state index in [1.165, 1.54) is 0 Å². The number of urea groups is 1. The van der Waals surface area contributed by atoms with Gasteiger partial charge in [-0.15, -0.1) is 0 Å². The maximum atomic E-state index is 11.6. The number of carbonyl (C=O) groups excluding carboxylic acids is 1. The monoisotopic (exact) mass is 475 g/mol. The second kappa shape index (κ2) is 10.2. The van der Waals surface area contributed by atoms with Crippen LogP contribution in [0.15, 0.2) is 30.5 Å². The summed E-state index contributed by atoms with van der Waals surface area (Å²) in [5, 5.41) is 20.0. The molecule has 11 heteroatoms. The molecule has 3 aromatic rings. The molecule has 0 spiro atoms. The average Bonchev–Trinajstić information content (AvgIpc) is 3.34. The molecule has 2 saturated heterocycles. The first kappa shape index (κ1) is 23.0. The van der Waals surface area contributed by atoms with Crippen LogP contribution in [0.2, 0.25) is 0 Å². The molecule has 0 saturated carbocycles. The predicted molar refractivity (Wildman–Crippen MR) is 132 cm³/mol. The fourth-order valence-electron chi connectivity index (χ4n) is 4.64. The van der Waals surface area contributed by atoms with Crippen LogP contribution in [0.5, 0.6) is 0 Å². The van der Waals surface area contributed by atoms with Crippen LogP contribution in [-0.4, -0.2) is 83.7 Å². The first-order valence-corrected chi connectivity index (χ1v) is 11.9. The number of nitrogens with zero attached hydrogens (tertiary/aromatic N) is 7. The first-order valence-electron chi connectivity index (χ1n) is 11.9. The van der Waals surface area contributed by atoms with E-state index in [9.17, 15) is 4.79 Å². The van der Waals surface area contributed by atoms with Crippen LogP contribution in [0.1, 0.15) is 18.9 Å². The number of nitriles is 1. The smallest absolute Gasteiger partial charge is 0.318 e. The van der Waals surface area contributed by atoms with Gasteiger partial charge in [0.1, 0.15) is 5.82 Å². The van der Waals surface area contributed by atoms with Crippen molar-refractivity contribution in [2.45, 2.75) is 18.9 Å². The highest BCUT2D eigenvalue weighted by atomic mass is 16.5. The van der Waals surface area contributed by atoms with Crippen LogP contribution in [-0.2, 0) is 4.74 Å². The summed E-state index contributed by atoms with van der Waals surface area (Å²) in [4.78, 5) is 26.0. The van der Waals surface area contributed by atoms with Crippen molar-refractivity contribution in [2.75, 3.05) is 63.2 Å². The number of hydrogen-bond donors (Lipinski definition) is 2. The standard InChI is InChI=1S/C24H29N9O2/c1-26-24(34)28-18-4-2-17(3-5-18)21-29-22(32-12-14-35-15-13-32)20-16-27-33(23(20)30-21)19-6-9-31(10-7-19)11-8-25/h2-5,16,19H,6-7,9-15H2,1H3,(H2,26,28,34). The summed E-state index contributed by atoms with van der Waals surface area (Å²) in [6, 6.07) is 9.71. The zero-order valence-electron chi connectivity index (χ0n) is 19.8. The second-order valence-electron chi connectivity index (χ2n) is 8.74. The van der Waals surface area contributed by atoms with Gasteiger partial charge in [0.2, 0.25) is 0 Å². The van der Waals surface area contributed by atoms with E-state index >= 15 is 0 Å². The van der Waals surface area contributed by atoms with Gasteiger partial charge in [-0.2, -0.15) is 10.4 Å². The lowest BCUT2D eigenvalue weighted by Crippen LogP contribution is -2.37. The molecular weight excluding hydrogens is 446 g/mol. The molecule has 0 atom stereocenters. The molecule has 0 bridgehead atoms. The van der Waals surface area contributed by atoms with Crippen LogP contribution in [0.3, 0.4) is 0 Å². The van der Waals surface area contributed by atoms with E-state index in [0.717, 1.165) is 61.4 Å². The van der Waals surface area contributed by atoms with Gasteiger partial charge in [0.15, 0.2) is 11.5 Å². The van der Waals surface area contributed by atoms with Gasteiger partial charge in [-0.1, -0.05) is 0 Å². The van der Waals surface area contributed by atoms with Crippen LogP contribution in [0.25, 0.3) is 22.4 Å². The predicted octanol–water partition coefficient (Wildman–Crippen LogP) is 2.24. The van der Waals surface area contributed by atoms with Gasteiger partial charge >= 0.3 is 6.03 Å². The molecule has 2 amide bonds. The Morgan fingerprint density at radius 3 is 2.57 bits per heavy atom. The van der Waals surface area contributed by atoms with E-state index in [2.05, 4.69) is 26.5 Å². The van der Waals surface area contributed by atoms with Gasteiger partial charge < -0.3 is 20.3 Å². The third-order valence-corrected chi connectivity index (χ3v) is 6.57. The van der Waals surface area contributed by atoms with Crippen molar-refractivity contribution in [3.63, 3.8) is 0 Å². The number of nitrogens with one attached hydrogen (secondary N) is 2. The number of hydrogen-bond acceptors (Lipinski definition) is 8. The van der Waals surface area contributed by atoms with Crippen LogP contribution in [0.4, 0.5) is 16.3 Å². The van der Waals surface area contributed by atoms with Crippen molar-refractivity contribution in [3.8, 4) is 17.5 Å². The SMILES string of the molecule is CNC(=O)Nc1ccc(-c2nc(N3CCOCC3)c3cnn(C4CCN(CC#N)CC4)c3n2)cc1. The Hall–Kier alpha value is -3.75. The summed E-state index contributed by atoms with van der Waals surface area (Å²) in [5.41, 5.74) is 2.37. The number of likely N-dealkylation sites (tertiary alicyclic amines) is 1. The molecule has 4 heterocycles. The molecule has 2 aliphatic rings. The van der Waals surface area contributed by atoms with Crippen molar-refractivity contribution in [3.05, 3.63) is 30.5 Å². The molecule has 2 fully saturated rings. The maximum absolute atomic E-state index is 11.6. The van der Waals surface area contributed by atoms with E-state index in [-0.39, 0.29) is 12.1 Å². The maximum Gasteiger partial charge on any atom is 0.318 e. The fraction of sp³-hybridized carbons (Fsp3) is 0.458. The lowest BCUT2D eigenvalue weighted by Gasteiger charge is -2.31. The summed E-state index contributed by atoms with van der Waals surface area (Å²) in [5.74, 6) is 1.49. The number of aromatic nitrogens is 4. The largest absolute Gasteiger partial charge is 0.378 e. The van der Waals surface area contributed by atoms with E-state index in [4.69, 9.17) is 25.1 Å². The highest BCUT2D eigenvalue weighted by Gasteiger charge is 2.26. The van der Waals surface area contributed by atoms with Crippen LogP contribution < -0.4 is 15.5 Å². The zero-order valence-corrected chi connectivity index (χ0v) is 19.8. The molecule has 2 N–H and O–H groups in total. The van der Waals surface area contributed by atoms with Gasteiger partial charge in [-0.05, 0) is 37.1 Å². The minimum Gasteiger partial charge on any atom is -0.378 e. The minimum atomic E-state index is -0.269. The number of fused-ring (bicyclic) bond motifs is 1. The zero-order chi connectivity index (χ0) is 24.2. The molecule has 2 aliphatic heterocycles. The van der Waals surface area contributed by atoms with Crippen molar-refractivity contribution in [1.29, 1.82) is 5.26 Å². The molecule has 35 heavy (non-hydrogen) atoms. The molecule has 1 aromatic carbocycles. The van der Waals surface area contributed by atoms with Gasteiger partial charge in [0.05, 0.1) is 43.5 Å². The Kier molecular flexibility index (Phi) is 6.74. The van der Waals surface area contributed by atoms with Crippen molar-refractivity contribution in [1.82, 2.24) is 30.0 Å². The summed E-state index contributed by atoms with van der Waals surface area (Å²) in [7, 11) is 1.58. The Labute approximate surface area is 203 Å². The van der Waals surface area contributed by atoms with E-state index in [0.29, 0.717) is 31.3 Å². The highest BCUT2D eigenvalue weighted by Crippen LogP contribution is 2.32. The number of ether oxygens (including phenoxy) is 1. The second-order valence-corrected chi connectivity index (χ2v) is 8.74. The Balaban J connectivity index is 1.51. The Morgan fingerprint density at radius 1 is 1.14 bits per heavy atom.